The average Bonchev–Trinajstić information content (AvgIpc) is 3.18. The zero-order valence-corrected chi connectivity index (χ0v) is 12.6. The van der Waals surface area contributed by atoms with Gasteiger partial charge in [-0.2, -0.15) is 0 Å². The molecule has 0 radical (unpaired) electrons. The molecule has 2 rings (SSSR count). The van der Waals surface area contributed by atoms with Crippen molar-refractivity contribution in [2.24, 2.45) is 0 Å². The third kappa shape index (κ3) is 4.30. The fraction of sp³-hybridized carbons (Fsp3) is 0.462. The molecule has 0 heterocycles. The third-order valence-electron chi connectivity index (χ3n) is 2.76. The monoisotopic (exact) mass is 329 g/mol. The number of hydrogen-bond acceptors (Lipinski definition) is 4. The van der Waals surface area contributed by atoms with E-state index in [9.17, 15) is 4.79 Å². The quantitative estimate of drug-likeness (QED) is 0.643. The van der Waals surface area contributed by atoms with E-state index < -0.39 is 0 Å². The van der Waals surface area contributed by atoms with Gasteiger partial charge in [-0.15, -0.1) is 11.8 Å². The van der Waals surface area contributed by atoms with Crippen molar-refractivity contribution in [2.45, 2.75) is 30.3 Å². The van der Waals surface area contributed by atoms with Crippen molar-refractivity contribution >= 4 is 33.7 Å². The van der Waals surface area contributed by atoms with E-state index >= 15 is 0 Å². The molecule has 1 aromatic carbocycles. The Balaban J connectivity index is 1.99. The van der Waals surface area contributed by atoms with E-state index in [-0.39, 0.29) is 5.97 Å². The van der Waals surface area contributed by atoms with Gasteiger partial charge >= 0.3 is 5.97 Å². The van der Waals surface area contributed by atoms with Crippen molar-refractivity contribution in [2.75, 3.05) is 12.9 Å². The lowest BCUT2D eigenvalue weighted by Gasteiger charge is -2.10. The summed E-state index contributed by atoms with van der Waals surface area (Å²) in [5.74, 6) is 0.157. The van der Waals surface area contributed by atoms with Crippen LogP contribution in [0.4, 0.5) is 0 Å². The van der Waals surface area contributed by atoms with Gasteiger partial charge < -0.3 is 10.1 Å². The normalized spacial score (nSPS) is 14.6. The molecule has 0 aromatic heterocycles. The molecule has 0 spiro atoms. The van der Waals surface area contributed by atoms with Crippen molar-refractivity contribution in [1.82, 2.24) is 5.32 Å². The van der Waals surface area contributed by atoms with Crippen LogP contribution in [-0.4, -0.2) is 24.9 Å². The van der Waals surface area contributed by atoms with Gasteiger partial charge in [-0.25, -0.2) is 0 Å². The highest BCUT2D eigenvalue weighted by atomic mass is 79.9. The van der Waals surface area contributed by atoms with Crippen molar-refractivity contribution in [3.63, 3.8) is 0 Å². The van der Waals surface area contributed by atoms with Gasteiger partial charge in [0.1, 0.15) is 0 Å². The maximum atomic E-state index is 11.2. The molecule has 1 aliphatic carbocycles. The average molecular weight is 330 g/mol. The first-order valence-electron chi connectivity index (χ1n) is 5.90. The van der Waals surface area contributed by atoms with Crippen LogP contribution in [-0.2, 0) is 16.1 Å². The van der Waals surface area contributed by atoms with Crippen LogP contribution in [0.25, 0.3) is 0 Å². The largest absolute Gasteiger partial charge is 0.468 e. The number of rotatable bonds is 6. The van der Waals surface area contributed by atoms with Crippen molar-refractivity contribution in [1.29, 1.82) is 0 Å². The summed E-state index contributed by atoms with van der Waals surface area (Å²) in [5.41, 5.74) is 1.24. The van der Waals surface area contributed by atoms with Gasteiger partial charge in [-0.3, -0.25) is 4.79 Å². The van der Waals surface area contributed by atoms with Crippen LogP contribution in [0.3, 0.4) is 0 Å². The van der Waals surface area contributed by atoms with Crippen LogP contribution in [0.15, 0.2) is 27.6 Å². The summed E-state index contributed by atoms with van der Waals surface area (Å²) in [6, 6.07) is 6.87. The molecule has 3 nitrogen and oxygen atoms in total. The number of esters is 1. The molecule has 0 aliphatic heterocycles. The second kappa shape index (κ2) is 6.59. The molecule has 18 heavy (non-hydrogen) atoms. The fourth-order valence-electron chi connectivity index (χ4n) is 1.55. The summed E-state index contributed by atoms with van der Waals surface area (Å²) < 4.78 is 5.70. The van der Waals surface area contributed by atoms with Crippen LogP contribution >= 0.6 is 27.7 Å². The lowest BCUT2D eigenvalue weighted by Crippen LogP contribution is -2.16. The van der Waals surface area contributed by atoms with Crippen LogP contribution in [0, 0.1) is 0 Å². The number of nitrogens with one attached hydrogen (secondary N) is 1. The molecule has 1 fully saturated rings. The molecule has 0 saturated heterocycles. The fourth-order valence-corrected chi connectivity index (χ4v) is 2.99. The van der Waals surface area contributed by atoms with Gasteiger partial charge in [0.05, 0.1) is 12.9 Å². The van der Waals surface area contributed by atoms with Crippen molar-refractivity contribution in [3.05, 3.63) is 28.2 Å². The van der Waals surface area contributed by atoms with E-state index in [0.29, 0.717) is 11.8 Å². The first kappa shape index (κ1) is 13.9. The molecule has 0 atom stereocenters. The minimum absolute atomic E-state index is 0.193. The van der Waals surface area contributed by atoms with E-state index in [1.54, 1.807) is 0 Å². The molecule has 0 bridgehead atoms. The molecule has 1 saturated carbocycles. The number of halogens is 1. The van der Waals surface area contributed by atoms with Gasteiger partial charge in [-0.05, 0) is 30.5 Å². The van der Waals surface area contributed by atoms with Gasteiger partial charge in [0.2, 0.25) is 0 Å². The number of benzene rings is 1. The minimum atomic E-state index is -0.193. The van der Waals surface area contributed by atoms with Crippen LogP contribution in [0.1, 0.15) is 18.4 Å². The van der Waals surface area contributed by atoms with Crippen LogP contribution < -0.4 is 5.32 Å². The molecule has 1 N–H and O–H groups in total. The maximum absolute atomic E-state index is 11.2. The number of hydrogen-bond donors (Lipinski definition) is 1. The Hall–Kier alpha value is -0.520. The highest BCUT2D eigenvalue weighted by Gasteiger charge is 2.20. The Morgan fingerprint density at radius 3 is 3.00 bits per heavy atom. The first-order chi connectivity index (χ1) is 8.69. The maximum Gasteiger partial charge on any atom is 0.315 e. The number of thioether (sulfide) groups is 1. The van der Waals surface area contributed by atoms with Crippen molar-refractivity contribution < 1.29 is 9.53 Å². The Morgan fingerprint density at radius 2 is 2.33 bits per heavy atom. The van der Waals surface area contributed by atoms with E-state index in [4.69, 9.17) is 0 Å². The predicted octanol–water partition coefficient (Wildman–Crippen LogP) is 2.97. The van der Waals surface area contributed by atoms with Crippen LogP contribution in [0.2, 0.25) is 0 Å². The van der Waals surface area contributed by atoms with Gasteiger partial charge in [0.25, 0.3) is 0 Å². The third-order valence-corrected chi connectivity index (χ3v) is 4.33. The van der Waals surface area contributed by atoms with Gasteiger partial charge in [0, 0.05) is 22.0 Å². The van der Waals surface area contributed by atoms with E-state index in [1.165, 1.54) is 37.3 Å². The summed E-state index contributed by atoms with van der Waals surface area (Å²) in [4.78, 5) is 12.3. The molecule has 0 unspecified atom stereocenters. The minimum Gasteiger partial charge on any atom is -0.468 e. The highest BCUT2D eigenvalue weighted by Crippen LogP contribution is 2.28. The standard InChI is InChI=1S/C13H16BrNO2S/c1-17-13(16)8-18-12-6-10(14)3-2-9(12)7-15-11-4-5-11/h2-3,6,11,15H,4-5,7-8H2,1H3. The summed E-state index contributed by atoms with van der Waals surface area (Å²) in [6.07, 6.45) is 2.56. The summed E-state index contributed by atoms with van der Waals surface area (Å²) >= 11 is 4.98. The molecule has 1 aromatic rings. The summed E-state index contributed by atoms with van der Waals surface area (Å²) in [6.45, 7) is 0.863. The Bertz CT molecular complexity index is 435. The Kier molecular flexibility index (Phi) is 5.09. The predicted molar refractivity (Wildman–Crippen MR) is 76.7 cm³/mol. The SMILES string of the molecule is COC(=O)CSc1cc(Br)ccc1CNC1CC1. The van der Waals surface area contributed by atoms with E-state index in [0.717, 1.165) is 15.9 Å². The lowest BCUT2D eigenvalue weighted by atomic mass is 10.2. The van der Waals surface area contributed by atoms with Crippen molar-refractivity contribution in [3.8, 4) is 0 Å². The van der Waals surface area contributed by atoms with E-state index in [2.05, 4.69) is 38.1 Å². The molecule has 5 heteroatoms. The summed E-state index contributed by atoms with van der Waals surface area (Å²) in [7, 11) is 1.42. The number of ether oxygens (including phenoxy) is 1. The first-order valence-corrected chi connectivity index (χ1v) is 7.68. The van der Waals surface area contributed by atoms with Crippen LogP contribution in [0.5, 0.6) is 0 Å². The van der Waals surface area contributed by atoms with E-state index in [1.807, 2.05) is 6.07 Å². The topological polar surface area (TPSA) is 38.3 Å². The molecule has 1 aliphatic rings. The number of carbonyl (C=O) groups is 1. The Morgan fingerprint density at radius 1 is 1.56 bits per heavy atom. The molecule has 0 amide bonds. The molecule has 98 valence electrons. The summed E-state index contributed by atoms with van der Waals surface area (Å²) in [5, 5.41) is 3.49. The van der Waals surface area contributed by atoms with Gasteiger partial charge in [0.15, 0.2) is 0 Å². The Labute approximate surface area is 120 Å². The number of methoxy groups -OCH3 is 1. The zero-order chi connectivity index (χ0) is 13.0. The van der Waals surface area contributed by atoms with Gasteiger partial charge in [-0.1, -0.05) is 22.0 Å². The second-order valence-electron chi connectivity index (χ2n) is 4.27. The highest BCUT2D eigenvalue weighted by molar-refractivity contribution is 9.10. The number of carbonyl (C=O) groups excluding carboxylic acids is 1. The second-order valence-corrected chi connectivity index (χ2v) is 6.20. The zero-order valence-electron chi connectivity index (χ0n) is 10.2. The smallest absolute Gasteiger partial charge is 0.315 e. The lowest BCUT2D eigenvalue weighted by molar-refractivity contribution is -0.137. The molecular formula is C13H16BrNO2S. The molecular weight excluding hydrogens is 314 g/mol.